The van der Waals surface area contributed by atoms with Gasteiger partial charge in [0.05, 0.1) is 19.7 Å². The maximum atomic E-state index is 12.4. The van der Waals surface area contributed by atoms with E-state index in [0.717, 1.165) is 0 Å². The number of hydrogen-bond acceptors (Lipinski definition) is 3. The average Bonchev–Trinajstić information content (AvgIpc) is 2.87. The fraction of sp³-hybridized carbons (Fsp3) is 0. The molecule has 0 aliphatic heterocycles. The second kappa shape index (κ2) is 23.3. The number of benzene rings is 3. The molecule has 40 heavy (non-hydrogen) atoms. The normalized spacial score (nSPS) is 7.95. The minimum Gasteiger partial charge on any atom is -0.545 e. The first-order chi connectivity index (χ1) is 18.4. The predicted octanol–water partition coefficient (Wildman–Crippen LogP) is 7.14. The molecule has 16 heteroatoms. The van der Waals surface area contributed by atoms with Gasteiger partial charge in [0.25, 0.3) is 17.1 Å². The molecule has 0 saturated heterocycles. The van der Waals surface area contributed by atoms with Gasteiger partial charge in [0, 0.05) is 21.1 Å². The summed E-state index contributed by atoms with van der Waals surface area (Å²) in [5.41, 5.74) is -2.32. The van der Waals surface area contributed by atoms with Crippen LogP contribution in [-0.4, -0.2) is 20.4 Å². The van der Waals surface area contributed by atoms with Crippen molar-refractivity contribution in [3.05, 3.63) is 123 Å². The summed E-state index contributed by atoms with van der Waals surface area (Å²) in [6.07, 6.45) is 0. The van der Waals surface area contributed by atoms with E-state index in [1.165, 1.54) is 0 Å². The summed E-state index contributed by atoms with van der Waals surface area (Å²) in [5, 5.41) is 0. The third-order valence-corrected chi connectivity index (χ3v) is 3.28. The molecule has 0 N–H and O–H groups in total. The Labute approximate surface area is 235 Å². The SMILES string of the molecule is [C-]#[N+]c1c(F)cc(F)cc1F.[C-]#[N+]c1c(F)cc(F)cc1F.[C-]#[N+]c1c(F)cc(F)cc1F.[CH-]=O.[CH-]=O.[CH-]=O.[Mo]. The molecule has 3 rings (SSSR count). The summed E-state index contributed by atoms with van der Waals surface area (Å²) in [5.74, 6) is -10.1. The van der Waals surface area contributed by atoms with E-state index in [9.17, 15) is 39.5 Å². The van der Waals surface area contributed by atoms with Crippen molar-refractivity contribution in [3.63, 3.8) is 0 Å². The number of carbonyl (C=O) groups excluding carboxylic acids is 3. The first-order valence-corrected chi connectivity index (χ1v) is 8.71. The maximum Gasteiger partial charge on any atom is 0.257 e. The quantitative estimate of drug-likeness (QED) is 0.112. The van der Waals surface area contributed by atoms with Gasteiger partial charge in [-0.25, -0.2) is 54.0 Å². The molecule has 0 heterocycles. The van der Waals surface area contributed by atoms with Crippen LogP contribution in [0.3, 0.4) is 0 Å². The second-order valence-corrected chi connectivity index (χ2v) is 5.49. The monoisotopic (exact) mass is 656 g/mol. The van der Waals surface area contributed by atoms with Crippen molar-refractivity contribution in [2.24, 2.45) is 0 Å². The summed E-state index contributed by atoms with van der Waals surface area (Å²) in [6.45, 7) is 28.7. The Balaban J connectivity index is -0.000000219. The van der Waals surface area contributed by atoms with Gasteiger partial charge in [0.15, 0.2) is 0 Å². The van der Waals surface area contributed by atoms with Crippen LogP contribution in [0.4, 0.5) is 56.6 Å². The molecule has 0 fully saturated rings. The molecule has 0 radical (unpaired) electrons. The fourth-order valence-electron chi connectivity index (χ4n) is 1.92. The van der Waals surface area contributed by atoms with Crippen LogP contribution in [0.15, 0.2) is 36.4 Å². The number of halogens is 9. The van der Waals surface area contributed by atoms with Gasteiger partial charge in [-0.1, -0.05) is 0 Å². The van der Waals surface area contributed by atoms with Crippen molar-refractivity contribution in [2.45, 2.75) is 0 Å². The molecule has 0 saturated carbocycles. The van der Waals surface area contributed by atoms with Crippen LogP contribution in [0.25, 0.3) is 14.5 Å². The Morgan fingerprint density at radius 2 is 0.525 bits per heavy atom. The largest absolute Gasteiger partial charge is 0.545 e. The van der Waals surface area contributed by atoms with Gasteiger partial charge in [-0.2, -0.15) is 0 Å². The molecular weight excluding hydrogens is 645 g/mol. The van der Waals surface area contributed by atoms with Gasteiger partial charge in [-0.15, -0.1) is 0 Å². The summed E-state index contributed by atoms with van der Waals surface area (Å²) < 4.78 is 111. The number of nitrogens with zero attached hydrogens (tertiary/aromatic N) is 3. The van der Waals surface area contributed by atoms with Crippen LogP contribution < -0.4 is 0 Å². The summed E-state index contributed by atoms with van der Waals surface area (Å²) >= 11 is 0. The van der Waals surface area contributed by atoms with Gasteiger partial charge >= 0.3 is 0 Å². The predicted molar refractivity (Wildman–Crippen MR) is 118 cm³/mol. The van der Waals surface area contributed by atoms with E-state index in [2.05, 4.69) is 34.9 Å². The summed E-state index contributed by atoms with van der Waals surface area (Å²) in [4.78, 5) is 30.9. The molecular formula is C24H9F9MoN3O3-3. The zero-order chi connectivity index (χ0) is 31.3. The van der Waals surface area contributed by atoms with Crippen LogP contribution in [0.5, 0.6) is 0 Å². The Morgan fingerprint density at radius 3 is 0.625 bits per heavy atom. The van der Waals surface area contributed by atoms with E-state index in [-0.39, 0.29) is 21.1 Å². The van der Waals surface area contributed by atoms with E-state index in [0.29, 0.717) is 36.4 Å². The molecule has 0 bridgehead atoms. The third-order valence-electron chi connectivity index (χ3n) is 3.28. The van der Waals surface area contributed by atoms with E-state index in [1.54, 1.807) is 0 Å². The van der Waals surface area contributed by atoms with Crippen molar-refractivity contribution in [1.82, 2.24) is 0 Å². The van der Waals surface area contributed by atoms with Crippen LogP contribution in [0.2, 0.25) is 0 Å². The first kappa shape index (κ1) is 42.3. The smallest absolute Gasteiger partial charge is 0.257 e. The zero-order valence-corrected chi connectivity index (χ0v) is 21.1. The van der Waals surface area contributed by atoms with Crippen LogP contribution in [0.1, 0.15) is 0 Å². The van der Waals surface area contributed by atoms with Gasteiger partial charge in [-0.3, -0.25) is 20.4 Å². The van der Waals surface area contributed by atoms with E-state index >= 15 is 0 Å². The van der Waals surface area contributed by atoms with Crippen LogP contribution in [-0.2, 0) is 35.4 Å². The minimum atomic E-state index is -1.17. The Hall–Kier alpha value is -4.80. The van der Waals surface area contributed by atoms with E-state index in [4.69, 9.17) is 34.1 Å². The maximum absolute atomic E-state index is 12.4. The van der Waals surface area contributed by atoms with E-state index in [1.807, 2.05) is 0 Å². The fourth-order valence-corrected chi connectivity index (χ4v) is 1.92. The average molecular weight is 654 g/mol. The zero-order valence-electron chi connectivity index (χ0n) is 19.1. The van der Waals surface area contributed by atoms with Crippen molar-refractivity contribution >= 4 is 37.4 Å². The molecule has 0 aliphatic rings. The molecule has 0 spiro atoms. The number of hydrogen-bond donors (Lipinski definition) is 0. The molecule has 210 valence electrons. The first-order valence-electron chi connectivity index (χ1n) is 8.71. The molecule has 0 unspecified atom stereocenters. The molecule has 3 aromatic rings. The molecule has 6 nitrogen and oxygen atoms in total. The van der Waals surface area contributed by atoms with Crippen LogP contribution >= 0.6 is 0 Å². The Bertz CT molecular complexity index is 1140. The van der Waals surface area contributed by atoms with Crippen molar-refractivity contribution in [2.75, 3.05) is 0 Å². The van der Waals surface area contributed by atoms with Gasteiger partial charge in [0.2, 0.25) is 0 Å². The standard InChI is InChI=1S/3C7H2F3N.3CHO.Mo/c3*1-11-7-5(9)2-4(8)3-6(7)10;3*1-2;/h3*2-3H;3*1H;/q;;;3*-1;. The molecule has 0 amide bonds. The summed E-state index contributed by atoms with van der Waals surface area (Å²) in [7, 11) is 0. The van der Waals surface area contributed by atoms with Crippen molar-refractivity contribution in [1.29, 1.82) is 0 Å². The Kier molecular flexibility index (Phi) is 24.7. The molecule has 0 aliphatic carbocycles. The van der Waals surface area contributed by atoms with Gasteiger partial charge < -0.3 is 14.4 Å². The minimum absolute atomic E-state index is 0. The van der Waals surface area contributed by atoms with Crippen LogP contribution in [0, 0.1) is 72.1 Å². The van der Waals surface area contributed by atoms with Crippen molar-refractivity contribution in [3.8, 4) is 0 Å². The van der Waals surface area contributed by atoms with Gasteiger partial charge in [0.1, 0.15) is 52.4 Å². The number of rotatable bonds is 0. The molecule has 0 aromatic heterocycles. The molecule has 3 aromatic carbocycles. The van der Waals surface area contributed by atoms with Gasteiger partial charge in [-0.05, 0) is 36.4 Å². The second-order valence-electron chi connectivity index (χ2n) is 5.49. The van der Waals surface area contributed by atoms with Crippen molar-refractivity contribution < 1.29 is 75.0 Å². The third kappa shape index (κ3) is 14.2. The summed E-state index contributed by atoms with van der Waals surface area (Å²) in [6, 6.07) is 2.81. The topological polar surface area (TPSA) is 64.3 Å². The van der Waals surface area contributed by atoms with E-state index < -0.39 is 69.4 Å². The molecule has 0 atom stereocenters. The Morgan fingerprint density at radius 1 is 0.400 bits per heavy atom.